The Morgan fingerprint density at radius 2 is 1.96 bits per heavy atom. The molecule has 0 saturated carbocycles. The van der Waals surface area contributed by atoms with Gasteiger partial charge < -0.3 is 9.47 Å². The van der Waals surface area contributed by atoms with Gasteiger partial charge in [-0.2, -0.15) is 0 Å². The number of hydrogen-bond acceptors (Lipinski definition) is 5. The van der Waals surface area contributed by atoms with E-state index in [4.69, 9.17) is 9.47 Å². The fraction of sp³-hybridized carbons (Fsp3) is 0.556. The van der Waals surface area contributed by atoms with Crippen molar-refractivity contribution in [2.75, 3.05) is 26.3 Å². The maximum atomic E-state index is 14.2. The minimum atomic E-state index is -0.275. The average molecular weight is 344 g/mol. The number of aromatic nitrogens is 3. The third-order valence-corrected chi connectivity index (χ3v) is 5.64. The Balaban J connectivity index is 1.43. The Morgan fingerprint density at radius 3 is 2.80 bits per heavy atom. The zero-order chi connectivity index (χ0) is 16.8. The maximum Gasteiger partial charge on any atom is 0.132 e. The quantitative estimate of drug-likeness (QED) is 0.834. The molecule has 0 spiro atoms. The van der Waals surface area contributed by atoms with Gasteiger partial charge in [-0.15, -0.1) is 5.10 Å². The van der Waals surface area contributed by atoms with Gasteiger partial charge in [-0.05, 0) is 25.0 Å². The lowest BCUT2D eigenvalue weighted by Gasteiger charge is -2.30. The van der Waals surface area contributed by atoms with E-state index in [1.807, 2.05) is 10.7 Å². The lowest BCUT2D eigenvalue weighted by atomic mass is 10.1. The summed E-state index contributed by atoms with van der Waals surface area (Å²) in [5, 5.41) is 8.65. The molecule has 0 unspecified atom stereocenters. The van der Waals surface area contributed by atoms with Crippen molar-refractivity contribution in [2.24, 2.45) is 0 Å². The highest BCUT2D eigenvalue weighted by Crippen LogP contribution is 2.36. The van der Waals surface area contributed by atoms with Gasteiger partial charge in [0.1, 0.15) is 11.5 Å². The first-order valence-corrected chi connectivity index (χ1v) is 8.93. The Labute approximate surface area is 145 Å². The van der Waals surface area contributed by atoms with Crippen LogP contribution in [-0.2, 0) is 16.1 Å². The van der Waals surface area contributed by atoms with E-state index in [-0.39, 0.29) is 18.0 Å². The van der Waals surface area contributed by atoms with Crippen molar-refractivity contribution in [3.05, 3.63) is 35.8 Å². The molecule has 2 aromatic rings. The summed E-state index contributed by atoms with van der Waals surface area (Å²) >= 11 is 0. The van der Waals surface area contributed by atoms with Gasteiger partial charge >= 0.3 is 0 Å². The van der Waals surface area contributed by atoms with Crippen molar-refractivity contribution in [1.82, 2.24) is 19.9 Å². The van der Waals surface area contributed by atoms with Crippen LogP contribution in [0, 0.1) is 5.82 Å². The largest absolute Gasteiger partial charge is 0.381 e. The molecule has 2 fully saturated rings. The molecule has 0 aliphatic carbocycles. The molecule has 3 aliphatic heterocycles. The van der Waals surface area contributed by atoms with Crippen LogP contribution >= 0.6 is 0 Å². The first kappa shape index (κ1) is 15.4. The van der Waals surface area contributed by atoms with E-state index in [9.17, 15) is 4.39 Å². The highest BCUT2D eigenvalue weighted by molar-refractivity contribution is 5.62. The Morgan fingerprint density at radius 1 is 1.12 bits per heavy atom. The molecule has 5 rings (SSSR count). The van der Waals surface area contributed by atoms with E-state index < -0.39 is 0 Å². The standard InChI is InChI=1S/C18H21FN4O2/c19-14-4-2-1-3-13(14)18-16-11-25-17-10-22(12-5-7-24-8-6-12)9-15(17)23(16)21-20-18/h1-4,12,15,17H,5-11H2/t15-,17-/m0/s1. The molecule has 0 radical (unpaired) electrons. The van der Waals surface area contributed by atoms with Crippen molar-refractivity contribution < 1.29 is 13.9 Å². The molecule has 2 saturated heterocycles. The third-order valence-electron chi connectivity index (χ3n) is 5.64. The maximum absolute atomic E-state index is 14.2. The van der Waals surface area contributed by atoms with Gasteiger partial charge in [0.05, 0.1) is 24.4 Å². The van der Waals surface area contributed by atoms with Crippen LogP contribution in [-0.4, -0.2) is 58.3 Å². The minimum absolute atomic E-state index is 0.130. The normalized spacial score (nSPS) is 27.2. The van der Waals surface area contributed by atoms with Crippen LogP contribution in [0.25, 0.3) is 11.3 Å². The molecule has 6 nitrogen and oxygen atoms in total. The zero-order valence-corrected chi connectivity index (χ0v) is 14.0. The van der Waals surface area contributed by atoms with Gasteiger partial charge in [0.25, 0.3) is 0 Å². The Hall–Kier alpha value is -1.83. The van der Waals surface area contributed by atoms with Crippen molar-refractivity contribution in [3.8, 4) is 11.3 Å². The lowest BCUT2D eigenvalue weighted by molar-refractivity contribution is -0.00870. The Kier molecular flexibility index (Phi) is 3.80. The number of benzene rings is 1. The lowest BCUT2D eigenvalue weighted by Crippen LogP contribution is -2.38. The minimum Gasteiger partial charge on any atom is -0.381 e. The van der Waals surface area contributed by atoms with Gasteiger partial charge in [0, 0.05) is 37.9 Å². The van der Waals surface area contributed by atoms with Gasteiger partial charge in [-0.3, -0.25) is 4.90 Å². The average Bonchev–Trinajstić information content (AvgIpc) is 3.26. The fourth-order valence-electron chi connectivity index (χ4n) is 4.29. The molecular weight excluding hydrogens is 323 g/mol. The molecule has 7 heteroatoms. The number of nitrogens with zero attached hydrogens (tertiary/aromatic N) is 4. The summed E-state index contributed by atoms with van der Waals surface area (Å²) in [5.41, 5.74) is 1.96. The molecule has 0 amide bonds. The highest BCUT2D eigenvalue weighted by Gasteiger charge is 2.43. The molecule has 1 aromatic carbocycles. The van der Waals surface area contributed by atoms with Crippen LogP contribution in [0.15, 0.2) is 24.3 Å². The highest BCUT2D eigenvalue weighted by atomic mass is 19.1. The van der Waals surface area contributed by atoms with Crippen molar-refractivity contribution >= 4 is 0 Å². The van der Waals surface area contributed by atoms with Crippen molar-refractivity contribution in [2.45, 2.75) is 37.6 Å². The first-order chi connectivity index (χ1) is 12.3. The molecule has 2 atom stereocenters. The van der Waals surface area contributed by atoms with E-state index >= 15 is 0 Å². The number of rotatable bonds is 2. The van der Waals surface area contributed by atoms with E-state index in [2.05, 4.69) is 15.2 Å². The van der Waals surface area contributed by atoms with Gasteiger partial charge in [-0.1, -0.05) is 17.3 Å². The molecule has 4 heterocycles. The predicted octanol–water partition coefficient (Wildman–Crippen LogP) is 2.02. The fourth-order valence-corrected chi connectivity index (χ4v) is 4.29. The van der Waals surface area contributed by atoms with Crippen LogP contribution in [0.5, 0.6) is 0 Å². The molecule has 1 aromatic heterocycles. The van der Waals surface area contributed by atoms with Crippen LogP contribution in [0.1, 0.15) is 24.6 Å². The van der Waals surface area contributed by atoms with E-state index in [0.29, 0.717) is 23.9 Å². The van der Waals surface area contributed by atoms with Gasteiger partial charge in [0.15, 0.2) is 0 Å². The molecule has 3 aliphatic rings. The van der Waals surface area contributed by atoms with Gasteiger partial charge in [0.2, 0.25) is 0 Å². The number of likely N-dealkylation sites (tertiary alicyclic amines) is 1. The van der Waals surface area contributed by atoms with Gasteiger partial charge in [-0.25, -0.2) is 9.07 Å². The van der Waals surface area contributed by atoms with Crippen LogP contribution in [0.2, 0.25) is 0 Å². The summed E-state index contributed by atoms with van der Waals surface area (Å²) in [5.74, 6) is -0.275. The second-order valence-corrected chi connectivity index (χ2v) is 7.02. The molecule has 0 bridgehead atoms. The summed E-state index contributed by atoms with van der Waals surface area (Å²) in [6, 6.07) is 7.41. The van der Waals surface area contributed by atoms with Crippen LogP contribution in [0.4, 0.5) is 4.39 Å². The molecular formula is C18H21FN4O2. The smallest absolute Gasteiger partial charge is 0.132 e. The van der Waals surface area contributed by atoms with Crippen molar-refractivity contribution in [3.63, 3.8) is 0 Å². The number of ether oxygens (including phenoxy) is 2. The summed E-state index contributed by atoms with van der Waals surface area (Å²) in [4.78, 5) is 2.50. The zero-order valence-electron chi connectivity index (χ0n) is 14.0. The Bertz CT molecular complexity index is 774. The summed E-state index contributed by atoms with van der Waals surface area (Å²) in [7, 11) is 0. The summed E-state index contributed by atoms with van der Waals surface area (Å²) in [6.07, 6.45) is 2.28. The van der Waals surface area contributed by atoms with E-state index in [0.717, 1.165) is 44.8 Å². The molecule has 0 N–H and O–H groups in total. The second kappa shape index (κ2) is 6.16. The summed E-state index contributed by atoms with van der Waals surface area (Å²) in [6.45, 7) is 3.93. The van der Waals surface area contributed by atoms with E-state index in [1.165, 1.54) is 6.07 Å². The second-order valence-electron chi connectivity index (χ2n) is 7.02. The number of halogens is 1. The summed E-state index contributed by atoms with van der Waals surface area (Å²) < 4.78 is 27.7. The van der Waals surface area contributed by atoms with Crippen LogP contribution < -0.4 is 0 Å². The first-order valence-electron chi connectivity index (χ1n) is 8.93. The number of fused-ring (bicyclic) bond motifs is 3. The monoisotopic (exact) mass is 344 g/mol. The number of hydrogen-bond donors (Lipinski definition) is 0. The van der Waals surface area contributed by atoms with E-state index in [1.54, 1.807) is 12.1 Å². The predicted molar refractivity (Wildman–Crippen MR) is 88.4 cm³/mol. The molecule has 25 heavy (non-hydrogen) atoms. The van der Waals surface area contributed by atoms with Crippen molar-refractivity contribution in [1.29, 1.82) is 0 Å². The molecule has 132 valence electrons. The third kappa shape index (κ3) is 2.58. The topological polar surface area (TPSA) is 52.4 Å². The van der Waals surface area contributed by atoms with Crippen LogP contribution in [0.3, 0.4) is 0 Å². The SMILES string of the molecule is Fc1ccccc1-c1nnn2c1CO[C@H]1CN(C3CCOCC3)C[C@@H]12.